The van der Waals surface area contributed by atoms with Gasteiger partial charge in [-0.1, -0.05) is 6.92 Å². The molecule has 0 aliphatic rings. The van der Waals surface area contributed by atoms with Crippen LogP contribution >= 0.6 is 0 Å². The number of hydrogen-bond acceptors (Lipinski definition) is 3. The molecule has 0 spiro atoms. The van der Waals surface area contributed by atoms with E-state index in [1.807, 2.05) is 6.92 Å². The summed E-state index contributed by atoms with van der Waals surface area (Å²) in [4.78, 5) is 18.7. The van der Waals surface area contributed by atoms with E-state index in [1.165, 1.54) is 0 Å². The van der Waals surface area contributed by atoms with Crippen LogP contribution in [0.15, 0.2) is 23.0 Å². The Balaban J connectivity index is 2.74. The molecule has 4 heteroatoms. The normalized spacial score (nSPS) is 10.5. The van der Waals surface area contributed by atoms with Crippen LogP contribution in [0, 0.1) is 0 Å². The third-order valence-electron chi connectivity index (χ3n) is 2.30. The fourth-order valence-electron chi connectivity index (χ4n) is 1.46. The van der Waals surface area contributed by atoms with Crippen LogP contribution in [0.3, 0.4) is 0 Å². The Hall–Kier alpha value is -1.84. The first-order valence-electron chi connectivity index (χ1n) is 4.81. The lowest BCUT2D eigenvalue weighted by molar-refractivity contribution is 0.415. The van der Waals surface area contributed by atoms with Gasteiger partial charge in [0.15, 0.2) is 0 Å². The highest BCUT2D eigenvalue weighted by molar-refractivity contribution is 5.79. The summed E-state index contributed by atoms with van der Waals surface area (Å²) in [7, 11) is 1.57. The molecule has 4 nitrogen and oxygen atoms in total. The number of H-pyrrole nitrogens is 1. The molecule has 0 saturated carbocycles. The van der Waals surface area contributed by atoms with Crippen LogP contribution in [0.1, 0.15) is 12.7 Å². The Morgan fingerprint density at radius 3 is 2.93 bits per heavy atom. The number of aromatic nitrogens is 2. The SMILES string of the molecule is CCc1nc2ccc(OC)cc2c(=O)[nH]1. The van der Waals surface area contributed by atoms with E-state index in [9.17, 15) is 4.79 Å². The zero-order chi connectivity index (χ0) is 10.8. The van der Waals surface area contributed by atoms with Gasteiger partial charge in [0.2, 0.25) is 0 Å². The third kappa shape index (κ3) is 1.70. The van der Waals surface area contributed by atoms with Gasteiger partial charge in [-0.05, 0) is 18.2 Å². The van der Waals surface area contributed by atoms with E-state index in [2.05, 4.69) is 9.97 Å². The van der Waals surface area contributed by atoms with Crippen LogP contribution in [0.5, 0.6) is 5.75 Å². The van der Waals surface area contributed by atoms with Crippen LogP contribution in [-0.4, -0.2) is 17.1 Å². The van der Waals surface area contributed by atoms with E-state index in [0.29, 0.717) is 22.5 Å². The fourth-order valence-corrected chi connectivity index (χ4v) is 1.46. The number of nitrogens with zero attached hydrogens (tertiary/aromatic N) is 1. The summed E-state index contributed by atoms with van der Waals surface area (Å²) in [6, 6.07) is 5.29. The first kappa shape index (κ1) is 9.71. The Morgan fingerprint density at radius 1 is 1.47 bits per heavy atom. The van der Waals surface area contributed by atoms with Crippen molar-refractivity contribution < 1.29 is 4.74 Å². The average molecular weight is 204 g/mol. The Kier molecular flexibility index (Phi) is 2.41. The van der Waals surface area contributed by atoms with Crippen molar-refractivity contribution in [2.45, 2.75) is 13.3 Å². The summed E-state index contributed by atoms with van der Waals surface area (Å²) in [6.45, 7) is 1.95. The maximum atomic E-state index is 11.7. The van der Waals surface area contributed by atoms with Gasteiger partial charge in [0.25, 0.3) is 5.56 Å². The lowest BCUT2D eigenvalue weighted by Gasteiger charge is -2.02. The zero-order valence-electron chi connectivity index (χ0n) is 8.70. The van der Waals surface area contributed by atoms with Crippen molar-refractivity contribution in [3.8, 4) is 5.75 Å². The minimum Gasteiger partial charge on any atom is -0.497 e. The molecule has 0 radical (unpaired) electrons. The number of benzene rings is 1. The Morgan fingerprint density at radius 2 is 2.27 bits per heavy atom. The number of aromatic amines is 1. The van der Waals surface area contributed by atoms with Crippen LogP contribution in [0.25, 0.3) is 10.9 Å². The summed E-state index contributed by atoms with van der Waals surface area (Å²) in [6.07, 6.45) is 0.719. The molecule has 1 aromatic carbocycles. The number of hydrogen-bond donors (Lipinski definition) is 1. The topological polar surface area (TPSA) is 55.0 Å². The molecule has 2 rings (SSSR count). The van der Waals surface area contributed by atoms with Crippen LogP contribution in [0.2, 0.25) is 0 Å². The van der Waals surface area contributed by atoms with Gasteiger partial charge >= 0.3 is 0 Å². The molecule has 1 heterocycles. The lowest BCUT2D eigenvalue weighted by Crippen LogP contribution is -2.11. The molecular formula is C11H12N2O2. The minimum absolute atomic E-state index is 0.115. The largest absolute Gasteiger partial charge is 0.497 e. The standard InChI is InChI=1S/C11H12N2O2/c1-3-10-12-9-5-4-7(15-2)6-8(9)11(14)13-10/h4-6H,3H2,1-2H3,(H,12,13,14). The molecule has 0 saturated heterocycles. The number of ether oxygens (including phenoxy) is 1. The third-order valence-corrected chi connectivity index (χ3v) is 2.30. The Bertz CT molecular complexity index is 546. The molecule has 1 N–H and O–H groups in total. The molecular weight excluding hydrogens is 192 g/mol. The molecule has 0 atom stereocenters. The highest BCUT2D eigenvalue weighted by atomic mass is 16.5. The van der Waals surface area contributed by atoms with Crippen molar-refractivity contribution >= 4 is 10.9 Å². The van der Waals surface area contributed by atoms with Crippen molar-refractivity contribution in [1.29, 1.82) is 0 Å². The lowest BCUT2D eigenvalue weighted by atomic mass is 10.2. The van der Waals surface area contributed by atoms with Gasteiger partial charge in [0.1, 0.15) is 11.6 Å². The number of methoxy groups -OCH3 is 1. The minimum atomic E-state index is -0.115. The first-order chi connectivity index (χ1) is 7.24. The number of fused-ring (bicyclic) bond motifs is 1. The fraction of sp³-hybridized carbons (Fsp3) is 0.273. The van der Waals surface area contributed by atoms with Crippen molar-refractivity contribution in [3.63, 3.8) is 0 Å². The van der Waals surface area contributed by atoms with Crippen molar-refractivity contribution in [2.75, 3.05) is 7.11 Å². The van der Waals surface area contributed by atoms with Gasteiger partial charge in [-0.25, -0.2) is 4.98 Å². The molecule has 1 aromatic heterocycles. The van der Waals surface area contributed by atoms with Gasteiger partial charge in [-0.15, -0.1) is 0 Å². The van der Waals surface area contributed by atoms with E-state index >= 15 is 0 Å². The quantitative estimate of drug-likeness (QED) is 0.806. The average Bonchev–Trinajstić information content (AvgIpc) is 2.28. The predicted octanol–water partition coefficient (Wildman–Crippen LogP) is 1.49. The smallest absolute Gasteiger partial charge is 0.258 e. The Labute approximate surface area is 86.9 Å². The maximum absolute atomic E-state index is 11.7. The second-order valence-electron chi connectivity index (χ2n) is 3.25. The molecule has 0 bridgehead atoms. The first-order valence-corrected chi connectivity index (χ1v) is 4.81. The van der Waals surface area contributed by atoms with Crippen LogP contribution in [0.4, 0.5) is 0 Å². The summed E-state index contributed by atoms with van der Waals surface area (Å²) in [5, 5.41) is 0.562. The van der Waals surface area contributed by atoms with E-state index in [1.54, 1.807) is 25.3 Å². The molecule has 0 amide bonds. The van der Waals surface area contributed by atoms with Crippen molar-refractivity contribution in [2.24, 2.45) is 0 Å². The number of aryl methyl sites for hydroxylation is 1. The highest BCUT2D eigenvalue weighted by Crippen LogP contribution is 2.15. The summed E-state index contributed by atoms with van der Waals surface area (Å²) < 4.78 is 5.05. The molecule has 0 aliphatic heterocycles. The van der Waals surface area contributed by atoms with Crippen molar-refractivity contribution in [3.05, 3.63) is 34.4 Å². The van der Waals surface area contributed by atoms with Crippen molar-refractivity contribution in [1.82, 2.24) is 9.97 Å². The number of nitrogens with one attached hydrogen (secondary N) is 1. The zero-order valence-corrected chi connectivity index (χ0v) is 8.70. The summed E-state index contributed by atoms with van der Waals surface area (Å²) >= 11 is 0. The molecule has 78 valence electrons. The van der Waals surface area contributed by atoms with E-state index in [0.717, 1.165) is 6.42 Å². The van der Waals surface area contributed by atoms with E-state index in [-0.39, 0.29) is 5.56 Å². The molecule has 2 aromatic rings. The summed E-state index contributed by atoms with van der Waals surface area (Å²) in [5.74, 6) is 1.37. The second-order valence-corrected chi connectivity index (χ2v) is 3.25. The van der Waals surface area contributed by atoms with E-state index < -0.39 is 0 Å². The predicted molar refractivity (Wildman–Crippen MR) is 58.3 cm³/mol. The van der Waals surface area contributed by atoms with E-state index in [4.69, 9.17) is 4.74 Å². The van der Waals surface area contributed by atoms with Crippen LogP contribution in [-0.2, 0) is 6.42 Å². The van der Waals surface area contributed by atoms with Gasteiger partial charge in [-0.3, -0.25) is 4.79 Å². The monoisotopic (exact) mass is 204 g/mol. The van der Waals surface area contributed by atoms with Gasteiger partial charge in [-0.2, -0.15) is 0 Å². The van der Waals surface area contributed by atoms with Gasteiger partial charge in [0, 0.05) is 6.42 Å². The highest BCUT2D eigenvalue weighted by Gasteiger charge is 2.03. The second kappa shape index (κ2) is 3.73. The van der Waals surface area contributed by atoms with Gasteiger partial charge in [0.05, 0.1) is 18.0 Å². The molecule has 0 aliphatic carbocycles. The molecule has 0 fully saturated rings. The molecule has 15 heavy (non-hydrogen) atoms. The molecule has 0 unspecified atom stereocenters. The van der Waals surface area contributed by atoms with Crippen LogP contribution < -0.4 is 10.3 Å². The number of rotatable bonds is 2. The van der Waals surface area contributed by atoms with Gasteiger partial charge < -0.3 is 9.72 Å². The summed E-state index contributed by atoms with van der Waals surface area (Å²) in [5.41, 5.74) is 0.590. The maximum Gasteiger partial charge on any atom is 0.258 e.